The summed E-state index contributed by atoms with van der Waals surface area (Å²) in [7, 11) is -3.99. The lowest BCUT2D eigenvalue weighted by Gasteiger charge is -2.36. The molecule has 2 aliphatic heterocycles. The van der Waals surface area contributed by atoms with Crippen molar-refractivity contribution in [1.82, 2.24) is 9.80 Å². The van der Waals surface area contributed by atoms with Crippen molar-refractivity contribution in [2.24, 2.45) is 5.14 Å². The van der Waals surface area contributed by atoms with Gasteiger partial charge in [-0.15, -0.1) is 12.4 Å². The van der Waals surface area contributed by atoms with E-state index in [9.17, 15) is 17.6 Å². The third-order valence-electron chi connectivity index (χ3n) is 5.61. The van der Waals surface area contributed by atoms with E-state index >= 15 is 0 Å². The van der Waals surface area contributed by atoms with Gasteiger partial charge in [0, 0.05) is 37.8 Å². The molecule has 2 N–H and O–H groups in total. The first kappa shape index (κ1) is 23.0. The molecule has 0 spiro atoms. The van der Waals surface area contributed by atoms with Crippen LogP contribution in [0.3, 0.4) is 0 Å². The van der Waals surface area contributed by atoms with Crippen molar-refractivity contribution in [2.45, 2.75) is 36.9 Å². The number of hydrogen-bond acceptors (Lipinski definition) is 4. The van der Waals surface area contributed by atoms with E-state index in [0.717, 1.165) is 43.6 Å². The number of hydrogen-bond donors (Lipinski definition) is 1. The lowest BCUT2D eigenvalue weighted by atomic mass is 10.0. The number of benzene rings is 2. The van der Waals surface area contributed by atoms with Gasteiger partial charge in [-0.1, -0.05) is 23.7 Å². The van der Waals surface area contributed by atoms with Crippen LogP contribution in [-0.2, 0) is 23.1 Å². The summed E-state index contributed by atoms with van der Waals surface area (Å²) in [6.45, 7) is 2.81. The molecular weight excluding hydrogens is 452 g/mol. The standard InChI is InChI=1S/C20H21ClFN3O3S.ClH/c21-18-9-14-12-25(20(26)17(14)10-19(18)29(23,27)28)16-5-7-24(8-6-16)11-13-1-3-15(22)4-2-13;/h1-4,9-10,16H,5-8,11-12H2,(H2,23,27,28);1H. The molecule has 2 aliphatic rings. The topological polar surface area (TPSA) is 83.7 Å². The van der Waals surface area contributed by atoms with Crippen molar-refractivity contribution in [3.05, 3.63) is 63.9 Å². The molecule has 2 heterocycles. The Morgan fingerprint density at radius 1 is 1.13 bits per heavy atom. The summed E-state index contributed by atoms with van der Waals surface area (Å²) >= 11 is 6.06. The average molecular weight is 474 g/mol. The number of amides is 1. The second-order valence-electron chi connectivity index (χ2n) is 7.55. The Morgan fingerprint density at radius 3 is 2.37 bits per heavy atom. The number of halogens is 3. The SMILES string of the molecule is Cl.NS(=O)(=O)c1cc2c(cc1Cl)CN(C1CCN(Cc3ccc(F)cc3)CC1)C2=O. The van der Waals surface area contributed by atoms with Crippen molar-refractivity contribution in [1.29, 1.82) is 0 Å². The van der Waals surface area contributed by atoms with E-state index in [1.54, 1.807) is 17.0 Å². The molecule has 0 atom stereocenters. The Hall–Kier alpha value is -1.71. The molecule has 2 aromatic carbocycles. The molecular formula is C20H22Cl2FN3O3S. The normalized spacial score (nSPS) is 17.7. The number of rotatable bonds is 4. The lowest BCUT2D eigenvalue weighted by molar-refractivity contribution is 0.0590. The minimum atomic E-state index is -3.99. The first-order valence-electron chi connectivity index (χ1n) is 9.35. The number of carbonyl (C=O) groups excluding carboxylic acids is 1. The van der Waals surface area contributed by atoms with Crippen LogP contribution in [0.4, 0.5) is 4.39 Å². The number of primary sulfonamides is 1. The van der Waals surface area contributed by atoms with Crippen LogP contribution in [-0.4, -0.2) is 43.3 Å². The summed E-state index contributed by atoms with van der Waals surface area (Å²) in [4.78, 5) is 16.7. The highest BCUT2D eigenvalue weighted by atomic mass is 35.5. The Bertz CT molecular complexity index is 1060. The summed E-state index contributed by atoms with van der Waals surface area (Å²) < 4.78 is 36.4. The van der Waals surface area contributed by atoms with Gasteiger partial charge in [-0.2, -0.15) is 0 Å². The van der Waals surface area contributed by atoms with Crippen molar-refractivity contribution in [2.75, 3.05) is 13.1 Å². The van der Waals surface area contributed by atoms with Crippen LogP contribution in [0.2, 0.25) is 5.02 Å². The number of sulfonamides is 1. The van der Waals surface area contributed by atoms with E-state index in [4.69, 9.17) is 16.7 Å². The molecule has 10 heteroatoms. The van der Waals surface area contributed by atoms with E-state index in [-0.39, 0.29) is 40.1 Å². The van der Waals surface area contributed by atoms with Crippen LogP contribution >= 0.6 is 24.0 Å². The fourth-order valence-electron chi connectivity index (χ4n) is 4.08. The predicted molar refractivity (Wildman–Crippen MR) is 115 cm³/mol. The fourth-order valence-corrected chi connectivity index (χ4v) is 5.21. The third-order valence-corrected chi connectivity index (χ3v) is 6.99. The molecule has 162 valence electrons. The first-order chi connectivity index (χ1) is 13.7. The zero-order chi connectivity index (χ0) is 20.8. The second-order valence-corrected chi connectivity index (χ2v) is 9.49. The summed E-state index contributed by atoms with van der Waals surface area (Å²) in [5.41, 5.74) is 2.13. The van der Waals surface area contributed by atoms with Gasteiger partial charge in [-0.05, 0) is 48.2 Å². The summed E-state index contributed by atoms with van der Waals surface area (Å²) in [6, 6.07) is 9.39. The van der Waals surface area contributed by atoms with Gasteiger partial charge >= 0.3 is 0 Å². The van der Waals surface area contributed by atoms with Crippen LogP contribution in [0, 0.1) is 5.82 Å². The molecule has 0 aliphatic carbocycles. The highest BCUT2D eigenvalue weighted by Gasteiger charge is 2.35. The van der Waals surface area contributed by atoms with E-state index < -0.39 is 10.0 Å². The van der Waals surface area contributed by atoms with Crippen molar-refractivity contribution >= 4 is 39.9 Å². The first-order valence-corrected chi connectivity index (χ1v) is 11.3. The van der Waals surface area contributed by atoms with Crippen LogP contribution < -0.4 is 5.14 Å². The maximum atomic E-state index is 13.1. The molecule has 0 radical (unpaired) electrons. The van der Waals surface area contributed by atoms with Crippen molar-refractivity contribution in [3.63, 3.8) is 0 Å². The Labute approximate surface area is 186 Å². The summed E-state index contributed by atoms with van der Waals surface area (Å²) in [6.07, 6.45) is 1.63. The smallest absolute Gasteiger partial charge is 0.254 e. The molecule has 0 bridgehead atoms. The summed E-state index contributed by atoms with van der Waals surface area (Å²) in [5.74, 6) is -0.427. The number of nitrogens with zero attached hydrogens (tertiary/aromatic N) is 2. The molecule has 30 heavy (non-hydrogen) atoms. The monoisotopic (exact) mass is 473 g/mol. The zero-order valence-corrected chi connectivity index (χ0v) is 18.4. The van der Waals surface area contributed by atoms with Crippen LogP contribution in [0.5, 0.6) is 0 Å². The second kappa shape index (κ2) is 8.80. The van der Waals surface area contributed by atoms with E-state index in [1.165, 1.54) is 24.3 Å². The average Bonchev–Trinajstić information content (AvgIpc) is 2.98. The Balaban J connectivity index is 0.00000256. The van der Waals surface area contributed by atoms with Crippen LogP contribution in [0.25, 0.3) is 0 Å². The van der Waals surface area contributed by atoms with Gasteiger partial charge in [0.1, 0.15) is 10.7 Å². The fraction of sp³-hybridized carbons (Fsp3) is 0.350. The molecule has 1 amide bonds. The van der Waals surface area contributed by atoms with E-state index in [1.807, 2.05) is 0 Å². The molecule has 1 fully saturated rings. The highest BCUT2D eigenvalue weighted by molar-refractivity contribution is 7.89. The van der Waals surface area contributed by atoms with Gasteiger partial charge in [0.25, 0.3) is 5.91 Å². The minimum absolute atomic E-state index is 0. The zero-order valence-electron chi connectivity index (χ0n) is 16.1. The minimum Gasteiger partial charge on any atom is -0.331 e. The number of nitrogens with two attached hydrogens (primary N) is 1. The van der Waals surface area contributed by atoms with Gasteiger partial charge in [-0.25, -0.2) is 17.9 Å². The molecule has 0 saturated carbocycles. The third kappa shape index (κ3) is 4.63. The van der Waals surface area contributed by atoms with Gasteiger partial charge in [0.15, 0.2) is 0 Å². The van der Waals surface area contributed by atoms with E-state index in [0.29, 0.717) is 12.1 Å². The molecule has 2 aromatic rings. The number of piperidine rings is 1. The van der Waals surface area contributed by atoms with Crippen LogP contribution in [0.15, 0.2) is 41.3 Å². The van der Waals surface area contributed by atoms with E-state index in [2.05, 4.69) is 4.90 Å². The van der Waals surface area contributed by atoms with Crippen molar-refractivity contribution in [3.8, 4) is 0 Å². The number of likely N-dealkylation sites (tertiary alicyclic amines) is 1. The van der Waals surface area contributed by atoms with Gasteiger partial charge in [0.05, 0.1) is 5.02 Å². The maximum absolute atomic E-state index is 13.1. The molecule has 0 unspecified atom stereocenters. The maximum Gasteiger partial charge on any atom is 0.254 e. The van der Waals surface area contributed by atoms with Crippen molar-refractivity contribution < 1.29 is 17.6 Å². The lowest BCUT2D eigenvalue weighted by Crippen LogP contribution is -2.44. The Morgan fingerprint density at radius 2 is 1.77 bits per heavy atom. The molecule has 0 aromatic heterocycles. The van der Waals surface area contributed by atoms with Gasteiger partial charge < -0.3 is 4.90 Å². The molecule has 1 saturated heterocycles. The number of fused-ring (bicyclic) bond motifs is 1. The quantitative estimate of drug-likeness (QED) is 0.738. The molecule has 6 nitrogen and oxygen atoms in total. The number of carbonyl (C=O) groups is 1. The summed E-state index contributed by atoms with van der Waals surface area (Å²) in [5, 5.41) is 5.23. The Kier molecular flexibility index (Phi) is 6.74. The predicted octanol–water partition coefficient (Wildman–Crippen LogP) is 3.17. The highest BCUT2D eigenvalue weighted by Crippen LogP contribution is 2.33. The van der Waals surface area contributed by atoms with Crippen LogP contribution in [0.1, 0.15) is 34.3 Å². The largest absolute Gasteiger partial charge is 0.331 e. The van der Waals surface area contributed by atoms with Gasteiger partial charge in [-0.3, -0.25) is 9.69 Å². The van der Waals surface area contributed by atoms with Gasteiger partial charge in [0.2, 0.25) is 10.0 Å². The molecule has 4 rings (SSSR count).